The van der Waals surface area contributed by atoms with Crippen molar-refractivity contribution >= 4 is 10.0 Å². The van der Waals surface area contributed by atoms with Crippen LogP contribution in [0.4, 0.5) is 0 Å². The Morgan fingerprint density at radius 3 is 2.57 bits per heavy atom. The van der Waals surface area contributed by atoms with E-state index in [-0.39, 0.29) is 17.5 Å². The number of hydrogen-bond acceptors (Lipinski definition) is 3. The normalized spacial score (nSPS) is 26.8. The molecule has 0 aliphatic heterocycles. The monoisotopic (exact) mass is 311 g/mol. The highest BCUT2D eigenvalue weighted by atomic mass is 32.2. The molecule has 5 heteroatoms. The first-order chi connectivity index (χ1) is 9.85. The molecule has 2 rings (SSSR count). The lowest BCUT2D eigenvalue weighted by Gasteiger charge is -2.32. The zero-order chi connectivity index (χ0) is 15.6. The number of aliphatic hydroxyl groups is 1. The Hall–Kier alpha value is -0.910. The van der Waals surface area contributed by atoms with E-state index in [0.29, 0.717) is 23.0 Å². The fourth-order valence-corrected chi connectivity index (χ4v) is 4.63. The predicted octanol–water partition coefficient (Wildman–Crippen LogP) is 2.59. The molecule has 3 unspecified atom stereocenters. The summed E-state index contributed by atoms with van der Waals surface area (Å²) in [6.07, 6.45) is 2.84. The Morgan fingerprint density at radius 2 is 1.95 bits per heavy atom. The molecule has 1 fully saturated rings. The summed E-state index contributed by atoms with van der Waals surface area (Å²) < 4.78 is 28.0. The molecule has 1 aliphatic carbocycles. The first-order valence-electron chi connectivity index (χ1n) is 7.57. The highest BCUT2D eigenvalue weighted by molar-refractivity contribution is 7.89. The van der Waals surface area contributed by atoms with Gasteiger partial charge in [0.05, 0.1) is 11.5 Å². The van der Waals surface area contributed by atoms with Crippen LogP contribution in [0.1, 0.15) is 44.2 Å². The summed E-state index contributed by atoms with van der Waals surface area (Å²) in [4.78, 5) is 0.278. The maximum atomic E-state index is 12.6. The molecule has 0 bridgehead atoms. The van der Waals surface area contributed by atoms with Gasteiger partial charge in [0, 0.05) is 6.04 Å². The summed E-state index contributed by atoms with van der Waals surface area (Å²) in [7, 11) is -3.53. The van der Waals surface area contributed by atoms with Crippen molar-refractivity contribution in [2.24, 2.45) is 11.8 Å². The van der Waals surface area contributed by atoms with Crippen LogP contribution in [0.25, 0.3) is 0 Å². The topological polar surface area (TPSA) is 66.4 Å². The molecule has 0 heterocycles. The highest BCUT2D eigenvalue weighted by Crippen LogP contribution is 2.30. The second kappa shape index (κ2) is 6.46. The van der Waals surface area contributed by atoms with Gasteiger partial charge < -0.3 is 5.11 Å². The van der Waals surface area contributed by atoms with E-state index in [0.717, 1.165) is 19.3 Å². The van der Waals surface area contributed by atoms with E-state index in [1.54, 1.807) is 25.1 Å². The molecule has 1 aliphatic rings. The molecule has 1 aromatic rings. The maximum absolute atomic E-state index is 12.6. The molecule has 1 saturated carbocycles. The van der Waals surface area contributed by atoms with Crippen LogP contribution in [0.15, 0.2) is 23.1 Å². The number of aliphatic hydroxyl groups excluding tert-OH is 1. The van der Waals surface area contributed by atoms with E-state index in [2.05, 4.69) is 18.6 Å². The highest BCUT2D eigenvalue weighted by Gasteiger charge is 2.29. The molecule has 21 heavy (non-hydrogen) atoms. The summed E-state index contributed by atoms with van der Waals surface area (Å²) >= 11 is 0. The Balaban J connectivity index is 2.19. The molecule has 3 atom stereocenters. The fourth-order valence-electron chi connectivity index (χ4n) is 3.06. The number of sulfonamides is 1. The number of rotatable bonds is 4. The maximum Gasteiger partial charge on any atom is 0.241 e. The minimum absolute atomic E-state index is 0.0124. The van der Waals surface area contributed by atoms with Gasteiger partial charge in [0.2, 0.25) is 10.0 Å². The Morgan fingerprint density at radius 1 is 1.24 bits per heavy atom. The predicted molar refractivity (Wildman–Crippen MR) is 83.4 cm³/mol. The van der Waals surface area contributed by atoms with Gasteiger partial charge in [0.15, 0.2) is 0 Å². The number of hydrogen-bond donors (Lipinski definition) is 2. The third-order valence-electron chi connectivity index (χ3n) is 4.78. The van der Waals surface area contributed by atoms with Crippen molar-refractivity contribution in [1.29, 1.82) is 0 Å². The zero-order valence-electron chi connectivity index (χ0n) is 13.0. The number of benzene rings is 1. The van der Waals surface area contributed by atoms with Crippen LogP contribution in [0, 0.1) is 18.8 Å². The summed E-state index contributed by atoms with van der Waals surface area (Å²) in [5, 5.41) is 9.28. The summed E-state index contributed by atoms with van der Waals surface area (Å²) in [5.74, 6) is 1.20. The second-order valence-corrected chi connectivity index (χ2v) is 7.97. The van der Waals surface area contributed by atoms with Crippen molar-refractivity contribution in [3.63, 3.8) is 0 Å². The third-order valence-corrected chi connectivity index (χ3v) is 6.44. The van der Waals surface area contributed by atoms with Crippen molar-refractivity contribution in [2.75, 3.05) is 0 Å². The van der Waals surface area contributed by atoms with Gasteiger partial charge in [-0.3, -0.25) is 0 Å². The molecule has 0 radical (unpaired) electrons. The van der Waals surface area contributed by atoms with E-state index >= 15 is 0 Å². The van der Waals surface area contributed by atoms with Crippen LogP contribution in [0.5, 0.6) is 0 Å². The van der Waals surface area contributed by atoms with Gasteiger partial charge in [0.25, 0.3) is 0 Å². The average Bonchev–Trinajstić information content (AvgIpc) is 2.42. The molecule has 2 N–H and O–H groups in total. The third kappa shape index (κ3) is 3.65. The van der Waals surface area contributed by atoms with Crippen LogP contribution < -0.4 is 4.72 Å². The lowest BCUT2D eigenvalue weighted by Crippen LogP contribution is -2.40. The quantitative estimate of drug-likeness (QED) is 0.898. The molecular weight excluding hydrogens is 286 g/mol. The second-order valence-electron chi connectivity index (χ2n) is 6.28. The van der Waals surface area contributed by atoms with Crippen LogP contribution in [0.3, 0.4) is 0 Å². The minimum Gasteiger partial charge on any atom is -0.392 e. The zero-order valence-corrected chi connectivity index (χ0v) is 13.8. The first-order valence-corrected chi connectivity index (χ1v) is 9.05. The van der Waals surface area contributed by atoms with E-state index in [1.807, 2.05) is 0 Å². The Labute approximate surface area is 127 Å². The van der Waals surface area contributed by atoms with Crippen LogP contribution >= 0.6 is 0 Å². The Kier molecular flexibility index (Phi) is 5.07. The lowest BCUT2D eigenvalue weighted by molar-refractivity contribution is 0.242. The lowest BCUT2D eigenvalue weighted by atomic mass is 9.79. The largest absolute Gasteiger partial charge is 0.392 e. The molecule has 0 saturated heterocycles. The van der Waals surface area contributed by atoms with E-state index in [9.17, 15) is 13.5 Å². The van der Waals surface area contributed by atoms with Crippen LogP contribution in [0.2, 0.25) is 0 Å². The average molecular weight is 311 g/mol. The van der Waals surface area contributed by atoms with Gasteiger partial charge in [0.1, 0.15) is 0 Å². The van der Waals surface area contributed by atoms with Crippen LogP contribution in [-0.4, -0.2) is 19.6 Å². The molecule has 0 amide bonds. The van der Waals surface area contributed by atoms with E-state index in [1.165, 1.54) is 0 Å². The molecule has 0 aromatic heterocycles. The van der Waals surface area contributed by atoms with Crippen molar-refractivity contribution < 1.29 is 13.5 Å². The number of nitrogens with one attached hydrogen (secondary N) is 1. The molecular formula is C16H25NO3S. The Bertz CT molecular complexity index is 598. The van der Waals surface area contributed by atoms with Crippen molar-refractivity contribution in [1.82, 2.24) is 4.72 Å². The van der Waals surface area contributed by atoms with Gasteiger partial charge in [-0.05, 0) is 55.2 Å². The fraction of sp³-hybridized carbons (Fsp3) is 0.625. The first kappa shape index (κ1) is 16.5. The molecule has 118 valence electrons. The minimum atomic E-state index is -3.53. The van der Waals surface area contributed by atoms with E-state index in [4.69, 9.17) is 0 Å². The van der Waals surface area contributed by atoms with Crippen molar-refractivity contribution in [3.8, 4) is 0 Å². The smallest absolute Gasteiger partial charge is 0.241 e. The van der Waals surface area contributed by atoms with Crippen molar-refractivity contribution in [3.05, 3.63) is 29.3 Å². The van der Waals surface area contributed by atoms with Gasteiger partial charge in [-0.25, -0.2) is 13.1 Å². The van der Waals surface area contributed by atoms with Gasteiger partial charge in [-0.2, -0.15) is 0 Å². The van der Waals surface area contributed by atoms with E-state index < -0.39 is 10.0 Å². The van der Waals surface area contributed by atoms with Gasteiger partial charge in [-0.15, -0.1) is 0 Å². The SMILES string of the molecule is Cc1c(CO)cccc1S(=O)(=O)NC1CCC(C)C(C)C1. The molecule has 4 nitrogen and oxygen atoms in total. The van der Waals surface area contributed by atoms with Gasteiger partial charge in [-0.1, -0.05) is 26.0 Å². The van der Waals surface area contributed by atoms with Gasteiger partial charge >= 0.3 is 0 Å². The van der Waals surface area contributed by atoms with Crippen molar-refractivity contribution in [2.45, 2.75) is 57.6 Å². The standard InChI is InChI=1S/C16H25NO3S/c1-11-7-8-15(9-12(11)2)17-21(19,20)16-6-4-5-14(10-18)13(16)3/h4-6,11-12,15,17-18H,7-10H2,1-3H3. The summed E-state index contributed by atoms with van der Waals surface area (Å²) in [6.45, 7) is 6.01. The molecule has 0 spiro atoms. The summed E-state index contributed by atoms with van der Waals surface area (Å²) in [6, 6.07) is 5.04. The van der Waals surface area contributed by atoms with Crippen LogP contribution in [-0.2, 0) is 16.6 Å². The summed E-state index contributed by atoms with van der Waals surface area (Å²) in [5.41, 5.74) is 1.29. The molecule has 1 aromatic carbocycles.